The fourth-order valence-electron chi connectivity index (χ4n) is 2.06. The average Bonchev–Trinajstić information content (AvgIpc) is 2.55. The van der Waals surface area contributed by atoms with Crippen LogP contribution in [0.4, 0.5) is 20.2 Å². The van der Waals surface area contributed by atoms with Gasteiger partial charge in [-0.25, -0.2) is 8.78 Å². The molecule has 4 nitrogen and oxygen atoms in total. The Hall–Kier alpha value is -2.50. The lowest BCUT2D eigenvalue weighted by atomic mass is 10.2. The van der Waals surface area contributed by atoms with Crippen LogP contribution in [0.5, 0.6) is 0 Å². The van der Waals surface area contributed by atoms with Gasteiger partial charge in [-0.2, -0.15) is 0 Å². The zero-order valence-corrected chi connectivity index (χ0v) is 12.9. The van der Waals surface area contributed by atoms with E-state index < -0.39 is 11.6 Å². The average molecular weight is 319 g/mol. The lowest BCUT2D eigenvalue weighted by Crippen LogP contribution is -2.25. The molecule has 2 rings (SSSR count). The lowest BCUT2D eigenvalue weighted by Gasteiger charge is -2.10. The third-order valence-electron chi connectivity index (χ3n) is 3.29. The zero-order chi connectivity index (χ0) is 16.7. The fraction of sp³-hybridized carbons (Fsp3) is 0.294. The van der Waals surface area contributed by atoms with Crippen molar-refractivity contribution in [2.24, 2.45) is 0 Å². The first kappa shape index (κ1) is 16.9. The molecule has 6 heteroatoms. The molecule has 0 aliphatic carbocycles. The van der Waals surface area contributed by atoms with Gasteiger partial charge in [0.25, 0.3) is 5.91 Å². The van der Waals surface area contributed by atoms with Crippen LogP contribution >= 0.6 is 0 Å². The maximum Gasteiger partial charge on any atom is 0.269 e. The van der Waals surface area contributed by atoms with Gasteiger partial charge in [0.1, 0.15) is 23.0 Å². The number of nitrogens with one attached hydrogen (secondary N) is 2. The third-order valence-corrected chi connectivity index (χ3v) is 3.29. The number of unbranched alkanes of at least 4 members (excludes halogenated alkanes) is 2. The topological polar surface area (TPSA) is 54.0 Å². The van der Waals surface area contributed by atoms with Crippen LogP contribution < -0.4 is 10.6 Å². The van der Waals surface area contributed by atoms with E-state index in [2.05, 4.69) is 22.5 Å². The Morgan fingerprint density at radius 3 is 2.61 bits per heavy atom. The third kappa shape index (κ3) is 4.74. The molecule has 1 aromatic heterocycles. The van der Waals surface area contributed by atoms with Crippen LogP contribution in [0.15, 0.2) is 36.5 Å². The Kier molecular flexibility index (Phi) is 6.02. The molecule has 0 fully saturated rings. The molecule has 2 aromatic rings. The molecule has 0 spiro atoms. The highest BCUT2D eigenvalue weighted by Crippen LogP contribution is 2.23. The number of hydrogen-bond acceptors (Lipinski definition) is 3. The van der Waals surface area contributed by atoms with Crippen LogP contribution in [0.2, 0.25) is 0 Å². The summed E-state index contributed by atoms with van der Waals surface area (Å²) < 4.78 is 27.3. The van der Waals surface area contributed by atoms with Gasteiger partial charge in [0.05, 0.1) is 0 Å². The Morgan fingerprint density at radius 2 is 1.91 bits per heavy atom. The maximum atomic E-state index is 13.6. The number of aromatic nitrogens is 1. The van der Waals surface area contributed by atoms with E-state index in [4.69, 9.17) is 0 Å². The predicted octanol–water partition coefficient (Wildman–Crippen LogP) is 4.02. The monoisotopic (exact) mass is 319 g/mol. The number of carbonyl (C=O) groups is 1. The highest BCUT2D eigenvalue weighted by molar-refractivity contribution is 5.93. The molecule has 0 saturated carbocycles. The predicted molar refractivity (Wildman–Crippen MR) is 85.7 cm³/mol. The van der Waals surface area contributed by atoms with Gasteiger partial charge in [0.2, 0.25) is 0 Å². The summed E-state index contributed by atoms with van der Waals surface area (Å²) in [6, 6.07) is 6.61. The molecule has 0 saturated heterocycles. The van der Waals surface area contributed by atoms with Crippen LogP contribution in [0.1, 0.15) is 36.7 Å². The Balaban J connectivity index is 2.06. The summed E-state index contributed by atoms with van der Waals surface area (Å²) in [7, 11) is 0. The van der Waals surface area contributed by atoms with Gasteiger partial charge in [0, 0.05) is 18.4 Å². The van der Waals surface area contributed by atoms with E-state index in [-0.39, 0.29) is 17.3 Å². The number of rotatable bonds is 7. The number of pyridine rings is 1. The van der Waals surface area contributed by atoms with Gasteiger partial charge in [-0.05, 0) is 30.7 Å². The molecule has 0 radical (unpaired) electrons. The highest BCUT2D eigenvalue weighted by atomic mass is 19.1. The first-order chi connectivity index (χ1) is 11.1. The molecule has 0 unspecified atom stereocenters. The van der Waals surface area contributed by atoms with Crippen LogP contribution in [-0.2, 0) is 0 Å². The van der Waals surface area contributed by atoms with Crippen molar-refractivity contribution >= 4 is 17.3 Å². The fourth-order valence-corrected chi connectivity index (χ4v) is 2.06. The van der Waals surface area contributed by atoms with Crippen molar-refractivity contribution in [2.45, 2.75) is 26.2 Å². The minimum atomic E-state index is -0.702. The number of anilines is 2. The van der Waals surface area contributed by atoms with Crippen molar-refractivity contribution in [1.29, 1.82) is 0 Å². The van der Waals surface area contributed by atoms with Crippen LogP contribution in [-0.4, -0.2) is 17.4 Å². The number of carbonyl (C=O) groups excluding carboxylic acids is 1. The van der Waals surface area contributed by atoms with Gasteiger partial charge < -0.3 is 10.6 Å². The van der Waals surface area contributed by atoms with Crippen molar-refractivity contribution in [3.05, 3.63) is 53.9 Å². The van der Waals surface area contributed by atoms with Gasteiger partial charge in [-0.3, -0.25) is 9.78 Å². The van der Waals surface area contributed by atoms with Crippen LogP contribution in [0, 0.1) is 11.6 Å². The SMILES string of the molecule is CCCCCNC(=O)c1cc(Nc2c(F)cccc2F)ccn1. The second kappa shape index (κ2) is 8.22. The number of hydrogen-bond donors (Lipinski definition) is 2. The number of nitrogens with zero attached hydrogens (tertiary/aromatic N) is 1. The summed E-state index contributed by atoms with van der Waals surface area (Å²) >= 11 is 0. The largest absolute Gasteiger partial charge is 0.351 e. The smallest absolute Gasteiger partial charge is 0.269 e. The lowest BCUT2D eigenvalue weighted by molar-refractivity contribution is 0.0948. The normalized spacial score (nSPS) is 10.4. The molecule has 0 aliphatic heterocycles. The molecule has 122 valence electrons. The first-order valence-corrected chi connectivity index (χ1v) is 7.57. The number of benzene rings is 1. The quantitative estimate of drug-likeness (QED) is 0.758. The molecule has 2 N–H and O–H groups in total. The molecule has 1 amide bonds. The maximum absolute atomic E-state index is 13.6. The van der Waals surface area contributed by atoms with Gasteiger partial charge in [0.15, 0.2) is 0 Å². The minimum absolute atomic E-state index is 0.197. The summed E-state index contributed by atoms with van der Waals surface area (Å²) in [5.74, 6) is -1.71. The van der Waals surface area contributed by atoms with E-state index in [0.29, 0.717) is 12.2 Å². The molecule has 1 heterocycles. The van der Waals surface area contributed by atoms with Crippen molar-refractivity contribution in [3.8, 4) is 0 Å². The van der Waals surface area contributed by atoms with E-state index in [0.717, 1.165) is 31.4 Å². The summed E-state index contributed by atoms with van der Waals surface area (Å²) in [4.78, 5) is 16.0. The van der Waals surface area contributed by atoms with Crippen molar-refractivity contribution in [2.75, 3.05) is 11.9 Å². The second-order valence-electron chi connectivity index (χ2n) is 5.11. The molecule has 23 heavy (non-hydrogen) atoms. The summed E-state index contributed by atoms with van der Waals surface area (Å²) in [6.45, 7) is 2.66. The van der Waals surface area contributed by atoms with Crippen LogP contribution in [0.25, 0.3) is 0 Å². The van der Waals surface area contributed by atoms with Crippen molar-refractivity contribution in [1.82, 2.24) is 10.3 Å². The molecule has 1 aromatic carbocycles. The van der Waals surface area contributed by atoms with Crippen LogP contribution in [0.3, 0.4) is 0 Å². The van der Waals surface area contributed by atoms with Gasteiger partial charge in [-0.1, -0.05) is 25.8 Å². The van der Waals surface area contributed by atoms with Gasteiger partial charge in [-0.15, -0.1) is 0 Å². The summed E-state index contributed by atoms with van der Waals surface area (Å²) in [5.41, 5.74) is 0.332. The van der Waals surface area contributed by atoms with E-state index in [9.17, 15) is 13.6 Å². The number of amides is 1. The molecular weight excluding hydrogens is 300 g/mol. The minimum Gasteiger partial charge on any atom is -0.351 e. The zero-order valence-electron chi connectivity index (χ0n) is 12.9. The van der Waals surface area contributed by atoms with E-state index in [1.807, 2.05) is 0 Å². The number of para-hydroxylation sites is 1. The Labute approximate surface area is 133 Å². The van der Waals surface area contributed by atoms with Crippen molar-refractivity contribution < 1.29 is 13.6 Å². The first-order valence-electron chi connectivity index (χ1n) is 7.57. The van der Waals surface area contributed by atoms with Crippen molar-refractivity contribution in [3.63, 3.8) is 0 Å². The van der Waals surface area contributed by atoms with E-state index >= 15 is 0 Å². The van der Waals surface area contributed by atoms with E-state index in [1.165, 1.54) is 18.3 Å². The Bertz CT molecular complexity index is 656. The molecule has 0 atom stereocenters. The van der Waals surface area contributed by atoms with Gasteiger partial charge >= 0.3 is 0 Å². The molecule has 0 aliphatic rings. The highest BCUT2D eigenvalue weighted by Gasteiger charge is 2.11. The standard InChI is InChI=1S/C17H19F2N3O/c1-2-3-4-9-21-17(23)15-11-12(8-10-20-15)22-16-13(18)6-5-7-14(16)19/h5-8,10-11H,2-4,9H2,1H3,(H,20,22)(H,21,23). The second-order valence-corrected chi connectivity index (χ2v) is 5.11. The van der Waals surface area contributed by atoms with E-state index in [1.54, 1.807) is 6.07 Å². The molecular formula is C17H19F2N3O. The Morgan fingerprint density at radius 1 is 1.17 bits per heavy atom. The summed E-state index contributed by atoms with van der Waals surface area (Å²) in [5, 5.41) is 5.41. The summed E-state index contributed by atoms with van der Waals surface area (Å²) in [6.07, 6.45) is 4.44. The number of halogens is 2. The molecule has 0 bridgehead atoms.